The van der Waals surface area contributed by atoms with Crippen molar-refractivity contribution in [2.45, 2.75) is 0 Å². The molecule has 2 heteroatoms. The van der Waals surface area contributed by atoms with Gasteiger partial charge in [-0.15, -0.1) is 0 Å². The zero-order valence-electron chi connectivity index (χ0n) is 13.8. The monoisotopic (exact) mass is 321 g/mol. The molecule has 2 nitrogen and oxygen atoms in total. The average Bonchev–Trinajstić information content (AvgIpc) is 3.17. The molecule has 0 fully saturated rings. The number of rotatable bonds is 0. The molecule has 0 N–H and O–H groups in total. The molecule has 0 amide bonds. The molecular weight excluding hydrogens is 306 g/mol. The van der Waals surface area contributed by atoms with E-state index in [1.165, 1.54) is 43.4 Å². The van der Waals surface area contributed by atoms with Crippen molar-refractivity contribution in [2.75, 3.05) is 0 Å². The first-order valence-corrected chi connectivity index (χ1v) is 8.53. The van der Waals surface area contributed by atoms with E-state index < -0.39 is 0 Å². The summed E-state index contributed by atoms with van der Waals surface area (Å²) in [5.74, 6) is 0. The van der Waals surface area contributed by atoms with E-state index >= 15 is 0 Å². The lowest BCUT2D eigenvalue weighted by molar-refractivity contribution is 0.669. The number of furan rings is 1. The minimum absolute atomic E-state index is 0.947. The Morgan fingerprint density at radius 3 is 2.24 bits per heavy atom. The number of para-hydroxylation sites is 1. The molecule has 0 aliphatic heterocycles. The third-order valence-electron chi connectivity index (χ3n) is 5.40. The summed E-state index contributed by atoms with van der Waals surface area (Å²) >= 11 is 0. The zero-order chi connectivity index (χ0) is 16.5. The molecule has 0 saturated heterocycles. The molecule has 0 aliphatic rings. The van der Waals surface area contributed by atoms with Gasteiger partial charge in [0.05, 0.1) is 0 Å². The maximum absolute atomic E-state index is 6.12. The summed E-state index contributed by atoms with van der Waals surface area (Å²) in [4.78, 5) is 0. The maximum Gasteiger partial charge on any atom is 0.136 e. The highest BCUT2D eigenvalue weighted by molar-refractivity contribution is 6.31. The van der Waals surface area contributed by atoms with Gasteiger partial charge in [-0.1, -0.05) is 48.5 Å². The Morgan fingerprint density at radius 1 is 0.600 bits per heavy atom. The summed E-state index contributed by atoms with van der Waals surface area (Å²) in [5, 5.41) is 7.57. The van der Waals surface area contributed by atoms with Crippen LogP contribution in [0.15, 0.2) is 77.2 Å². The second kappa shape index (κ2) is 4.42. The minimum Gasteiger partial charge on any atom is -0.456 e. The summed E-state index contributed by atoms with van der Waals surface area (Å²) in [7, 11) is 2.15. The van der Waals surface area contributed by atoms with Crippen LogP contribution in [0.1, 0.15) is 0 Å². The molecule has 0 unspecified atom stereocenters. The molecular formula is C23H15NO. The van der Waals surface area contributed by atoms with E-state index in [1.54, 1.807) is 0 Å². The number of hydrogen-bond acceptors (Lipinski definition) is 1. The van der Waals surface area contributed by atoms with E-state index in [1.807, 2.05) is 12.1 Å². The van der Waals surface area contributed by atoms with Crippen molar-refractivity contribution in [3.63, 3.8) is 0 Å². The normalized spacial score (nSPS) is 12.2. The van der Waals surface area contributed by atoms with Crippen molar-refractivity contribution >= 4 is 54.5 Å². The van der Waals surface area contributed by atoms with Crippen LogP contribution in [0.4, 0.5) is 0 Å². The van der Waals surface area contributed by atoms with Crippen LogP contribution < -0.4 is 0 Å². The topological polar surface area (TPSA) is 18.1 Å². The third kappa shape index (κ3) is 1.54. The zero-order valence-corrected chi connectivity index (χ0v) is 13.8. The van der Waals surface area contributed by atoms with Crippen molar-refractivity contribution < 1.29 is 4.42 Å². The molecule has 118 valence electrons. The first-order valence-electron chi connectivity index (χ1n) is 8.53. The van der Waals surface area contributed by atoms with E-state index in [0.717, 1.165) is 11.2 Å². The van der Waals surface area contributed by atoms with E-state index in [9.17, 15) is 0 Å². The fraction of sp³-hybridized carbons (Fsp3) is 0.0435. The molecule has 6 aromatic rings. The van der Waals surface area contributed by atoms with E-state index in [0.29, 0.717) is 0 Å². The van der Waals surface area contributed by atoms with Gasteiger partial charge in [0.1, 0.15) is 11.2 Å². The van der Waals surface area contributed by atoms with Gasteiger partial charge in [-0.2, -0.15) is 0 Å². The SMILES string of the molecule is Cn1c2ccc3ccccc3c2c2c3c(ccc21)oc1ccccc13. The first kappa shape index (κ1) is 13.1. The highest BCUT2D eigenvalue weighted by Crippen LogP contribution is 2.41. The lowest BCUT2D eigenvalue weighted by atomic mass is 10.0. The largest absolute Gasteiger partial charge is 0.456 e. The maximum atomic E-state index is 6.12. The van der Waals surface area contributed by atoms with Crippen LogP contribution in [0.25, 0.3) is 54.5 Å². The summed E-state index contributed by atoms with van der Waals surface area (Å²) in [6.07, 6.45) is 0. The van der Waals surface area contributed by atoms with Crippen LogP contribution in [0.2, 0.25) is 0 Å². The van der Waals surface area contributed by atoms with Gasteiger partial charge >= 0.3 is 0 Å². The average molecular weight is 321 g/mol. The Labute approximate surface area is 143 Å². The van der Waals surface area contributed by atoms with Crippen molar-refractivity contribution in [2.24, 2.45) is 7.05 Å². The molecule has 0 saturated carbocycles. The Morgan fingerprint density at radius 2 is 1.32 bits per heavy atom. The van der Waals surface area contributed by atoms with Crippen LogP contribution in [0.5, 0.6) is 0 Å². The summed E-state index contributed by atoms with van der Waals surface area (Å²) < 4.78 is 8.41. The number of nitrogens with zero attached hydrogens (tertiary/aromatic N) is 1. The fourth-order valence-electron chi connectivity index (χ4n) is 4.27. The summed E-state index contributed by atoms with van der Waals surface area (Å²) in [6.45, 7) is 0. The summed E-state index contributed by atoms with van der Waals surface area (Å²) in [5.41, 5.74) is 4.40. The van der Waals surface area contributed by atoms with Gasteiger partial charge in [-0.25, -0.2) is 0 Å². The van der Waals surface area contributed by atoms with Crippen LogP contribution in [-0.4, -0.2) is 4.57 Å². The molecule has 4 aromatic carbocycles. The van der Waals surface area contributed by atoms with Crippen molar-refractivity contribution in [1.82, 2.24) is 4.57 Å². The molecule has 6 rings (SSSR count). The van der Waals surface area contributed by atoms with Crippen LogP contribution in [0.3, 0.4) is 0 Å². The van der Waals surface area contributed by atoms with Crippen LogP contribution in [0, 0.1) is 0 Å². The van der Waals surface area contributed by atoms with E-state index in [-0.39, 0.29) is 0 Å². The molecule has 0 atom stereocenters. The number of hydrogen-bond donors (Lipinski definition) is 0. The minimum atomic E-state index is 0.947. The molecule has 25 heavy (non-hydrogen) atoms. The van der Waals surface area contributed by atoms with E-state index in [4.69, 9.17) is 4.42 Å². The Bertz CT molecular complexity index is 1450. The van der Waals surface area contributed by atoms with Gasteiger partial charge in [-0.3, -0.25) is 0 Å². The molecule has 2 aromatic heterocycles. The molecule has 0 spiro atoms. The quantitative estimate of drug-likeness (QED) is 0.317. The van der Waals surface area contributed by atoms with E-state index in [2.05, 4.69) is 72.3 Å². The van der Waals surface area contributed by atoms with Crippen molar-refractivity contribution in [1.29, 1.82) is 0 Å². The Kier molecular flexibility index (Phi) is 2.31. The highest BCUT2D eigenvalue weighted by atomic mass is 16.3. The van der Waals surface area contributed by atoms with Crippen LogP contribution >= 0.6 is 0 Å². The lowest BCUT2D eigenvalue weighted by Crippen LogP contribution is -1.85. The first-order chi connectivity index (χ1) is 12.3. The molecule has 0 bridgehead atoms. The Hall–Kier alpha value is -3.26. The van der Waals surface area contributed by atoms with Gasteiger partial charge in [0.25, 0.3) is 0 Å². The number of aryl methyl sites for hydroxylation is 1. The highest BCUT2D eigenvalue weighted by Gasteiger charge is 2.17. The molecule has 0 aliphatic carbocycles. The lowest BCUT2D eigenvalue weighted by Gasteiger charge is -2.01. The number of fused-ring (bicyclic) bond motifs is 9. The van der Waals surface area contributed by atoms with Gasteiger partial charge in [0.15, 0.2) is 0 Å². The smallest absolute Gasteiger partial charge is 0.136 e. The standard InChI is InChI=1S/C23H15NO/c1-24-17-11-10-14-6-2-3-7-15(14)21(17)23-18(24)12-13-20-22(23)16-8-4-5-9-19(16)25-20/h2-13H,1H3. The van der Waals surface area contributed by atoms with Gasteiger partial charge in [0.2, 0.25) is 0 Å². The van der Waals surface area contributed by atoms with Crippen molar-refractivity contribution in [3.05, 3.63) is 72.8 Å². The van der Waals surface area contributed by atoms with Crippen molar-refractivity contribution in [3.8, 4) is 0 Å². The second-order valence-corrected chi connectivity index (χ2v) is 6.67. The molecule has 0 radical (unpaired) electrons. The number of aromatic nitrogens is 1. The number of benzene rings is 4. The third-order valence-corrected chi connectivity index (χ3v) is 5.40. The predicted octanol–water partition coefficient (Wildman–Crippen LogP) is 6.38. The predicted molar refractivity (Wildman–Crippen MR) is 105 cm³/mol. The second-order valence-electron chi connectivity index (χ2n) is 6.67. The van der Waals surface area contributed by atoms with Gasteiger partial charge < -0.3 is 8.98 Å². The summed E-state index contributed by atoms with van der Waals surface area (Å²) in [6, 6.07) is 25.6. The van der Waals surface area contributed by atoms with Gasteiger partial charge in [0, 0.05) is 39.6 Å². The fourth-order valence-corrected chi connectivity index (χ4v) is 4.27. The molecule has 2 heterocycles. The van der Waals surface area contributed by atoms with Crippen LogP contribution in [-0.2, 0) is 7.05 Å². The Balaban J connectivity index is 2.04. The van der Waals surface area contributed by atoms with Gasteiger partial charge in [-0.05, 0) is 35.0 Å².